The fourth-order valence-electron chi connectivity index (χ4n) is 2.77. The van der Waals surface area contributed by atoms with Crippen LogP contribution in [0.15, 0.2) is 47.5 Å². The third-order valence-electron chi connectivity index (χ3n) is 4.22. The number of benzene rings is 2. The first-order valence-corrected chi connectivity index (χ1v) is 9.86. The van der Waals surface area contributed by atoms with E-state index in [-0.39, 0.29) is 29.7 Å². The molecule has 0 radical (unpaired) electrons. The molecule has 0 heterocycles. The van der Waals surface area contributed by atoms with Gasteiger partial charge in [-0.25, -0.2) is 4.99 Å². The fourth-order valence-corrected chi connectivity index (χ4v) is 2.77. The molecule has 32 heavy (non-hydrogen) atoms. The molecule has 0 aliphatic rings. The molecular formula is C22H29F3IN3O3. The average molecular weight is 567 g/mol. The Labute approximate surface area is 203 Å². The van der Waals surface area contributed by atoms with E-state index in [1.807, 2.05) is 25.1 Å². The van der Waals surface area contributed by atoms with Gasteiger partial charge in [-0.3, -0.25) is 0 Å². The third kappa shape index (κ3) is 9.84. The van der Waals surface area contributed by atoms with Crippen LogP contribution in [0.3, 0.4) is 0 Å². The largest absolute Gasteiger partial charge is 0.493 e. The second-order valence-electron chi connectivity index (χ2n) is 6.61. The summed E-state index contributed by atoms with van der Waals surface area (Å²) in [6.07, 6.45) is -3.63. The maximum Gasteiger partial charge on any atom is 0.422 e. The number of halogens is 4. The zero-order valence-corrected chi connectivity index (χ0v) is 20.6. The van der Waals surface area contributed by atoms with E-state index in [0.29, 0.717) is 37.1 Å². The highest BCUT2D eigenvalue weighted by atomic mass is 127. The van der Waals surface area contributed by atoms with Gasteiger partial charge in [0.1, 0.15) is 5.75 Å². The van der Waals surface area contributed by atoms with Gasteiger partial charge < -0.3 is 24.8 Å². The van der Waals surface area contributed by atoms with Crippen LogP contribution in [0.1, 0.15) is 18.1 Å². The Kier molecular flexibility index (Phi) is 12.0. The minimum absolute atomic E-state index is 0. The van der Waals surface area contributed by atoms with Gasteiger partial charge in [0, 0.05) is 13.1 Å². The summed E-state index contributed by atoms with van der Waals surface area (Å²) in [6.45, 7) is 2.25. The molecule has 0 aliphatic heterocycles. The van der Waals surface area contributed by atoms with Gasteiger partial charge in [-0.05, 0) is 48.7 Å². The van der Waals surface area contributed by atoms with Crippen molar-refractivity contribution >= 4 is 29.9 Å². The maximum atomic E-state index is 12.3. The first-order valence-electron chi connectivity index (χ1n) is 9.86. The molecule has 2 N–H and O–H groups in total. The maximum absolute atomic E-state index is 12.3. The van der Waals surface area contributed by atoms with Gasteiger partial charge in [-0.1, -0.05) is 18.2 Å². The number of alkyl halides is 3. The lowest BCUT2D eigenvalue weighted by Crippen LogP contribution is -2.38. The molecule has 0 amide bonds. The number of ether oxygens (including phenoxy) is 3. The van der Waals surface area contributed by atoms with E-state index in [2.05, 4.69) is 15.6 Å². The van der Waals surface area contributed by atoms with Crippen LogP contribution >= 0.6 is 24.0 Å². The number of methoxy groups -OCH3 is 2. The summed E-state index contributed by atoms with van der Waals surface area (Å²) in [6, 6.07) is 12.2. The Morgan fingerprint density at radius 2 is 1.72 bits per heavy atom. The predicted octanol–water partition coefficient (Wildman–Crippen LogP) is 4.56. The van der Waals surface area contributed by atoms with Crippen molar-refractivity contribution in [2.75, 3.05) is 33.9 Å². The predicted molar refractivity (Wildman–Crippen MR) is 129 cm³/mol. The zero-order valence-electron chi connectivity index (χ0n) is 18.3. The van der Waals surface area contributed by atoms with Gasteiger partial charge in [-0.2, -0.15) is 13.2 Å². The first-order chi connectivity index (χ1) is 14.8. The van der Waals surface area contributed by atoms with E-state index in [0.717, 1.165) is 17.5 Å². The molecule has 6 nitrogen and oxygen atoms in total. The molecule has 2 aromatic rings. The highest BCUT2D eigenvalue weighted by Crippen LogP contribution is 2.27. The number of guanidine groups is 1. The first kappa shape index (κ1) is 27.7. The van der Waals surface area contributed by atoms with Gasteiger partial charge >= 0.3 is 6.18 Å². The lowest BCUT2D eigenvalue weighted by atomic mass is 10.1. The monoisotopic (exact) mass is 567 g/mol. The van der Waals surface area contributed by atoms with Gasteiger partial charge in [0.25, 0.3) is 0 Å². The summed E-state index contributed by atoms with van der Waals surface area (Å²) in [5.41, 5.74) is 1.83. The van der Waals surface area contributed by atoms with Crippen molar-refractivity contribution in [2.45, 2.75) is 26.1 Å². The Balaban J connectivity index is 0.00000512. The summed E-state index contributed by atoms with van der Waals surface area (Å²) in [4.78, 5) is 4.50. The highest BCUT2D eigenvalue weighted by molar-refractivity contribution is 14.0. The number of nitrogens with one attached hydrogen (secondary N) is 2. The lowest BCUT2D eigenvalue weighted by Gasteiger charge is -2.13. The SMILES string of the molecule is CCNC(=NCc1cccc(OCC(F)(F)F)c1)NCCc1ccc(OC)c(OC)c1.I. The molecule has 0 bridgehead atoms. The molecule has 2 rings (SSSR count). The van der Waals surface area contributed by atoms with Crippen LogP contribution in [0.2, 0.25) is 0 Å². The van der Waals surface area contributed by atoms with Crippen molar-refractivity contribution in [3.8, 4) is 17.2 Å². The molecule has 0 aromatic heterocycles. The summed E-state index contributed by atoms with van der Waals surface area (Å²) in [5, 5.41) is 6.41. The Hall–Kier alpha value is -2.37. The molecule has 0 unspecified atom stereocenters. The highest BCUT2D eigenvalue weighted by Gasteiger charge is 2.28. The lowest BCUT2D eigenvalue weighted by molar-refractivity contribution is -0.153. The zero-order chi connectivity index (χ0) is 22.7. The van der Waals surface area contributed by atoms with Crippen molar-refractivity contribution in [1.82, 2.24) is 10.6 Å². The summed E-state index contributed by atoms with van der Waals surface area (Å²) >= 11 is 0. The van der Waals surface area contributed by atoms with Gasteiger partial charge in [-0.15, -0.1) is 24.0 Å². The van der Waals surface area contributed by atoms with E-state index in [9.17, 15) is 13.2 Å². The number of hydrogen-bond acceptors (Lipinski definition) is 4. The molecular weight excluding hydrogens is 538 g/mol. The second kappa shape index (κ2) is 13.9. The van der Waals surface area contributed by atoms with E-state index < -0.39 is 12.8 Å². The second-order valence-corrected chi connectivity index (χ2v) is 6.61. The van der Waals surface area contributed by atoms with Crippen LogP contribution in [0.25, 0.3) is 0 Å². The molecule has 0 saturated heterocycles. The molecule has 0 aliphatic carbocycles. The molecule has 0 saturated carbocycles. The van der Waals surface area contributed by atoms with E-state index in [4.69, 9.17) is 14.2 Å². The van der Waals surface area contributed by atoms with Gasteiger partial charge in [0.05, 0.1) is 20.8 Å². The quantitative estimate of drug-likeness (QED) is 0.251. The Morgan fingerprint density at radius 1 is 0.969 bits per heavy atom. The topological polar surface area (TPSA) is 64.1 Å². The smallest absolute Gasteiger partial charge is 0.422 e. The third-order valence-corrected chi connectivity index (χ3v) is 4.22. The molecule has 2 aromatic carbocycles. The van der Waals surface area contributed by atoms with Crippen LogP contribution in [0.5, 0.6) is 17.2 Å². The fraction of sp³-hybridized carbons (Fsp3) is 0.409. The number of rotatable bonds is 10. The normalized spacial score (nSPS) is 11.4. The minimum Gasteiger partial charge on any atom is -0.493 e. The molecule has 10 heteroatoms. The minimum atomic E-state index is -4.37. The molecule has 0 atom stereocenters. The van der Waals surface area contributed by atoms with E-state index >= 15 is 0 Å². The summed E-state index contributed by atoms with van der Waals surface area (Å²) in [7, 11) is 3.19. The van der Waals surface area contributed by atoms with Crippen molar-refractivity contribution < 1.29 is 27.4 Å². The summed E-state index contributed by atoms with van der Waals surface area (Å²) in [5.74, 6) is 2.13. The Bertz CT molecular complexity index is 864. The van der Waals surface area contributed by atoms with Crippen LogP contribution in [0.4, 0.5) is 13.2 Å². The number of hydrogen-bond donors (Lipinski definition) is 2. The molecule has 0 fully saturated rings. The molecule has 0 spiro atoms. The van der Waals surface area contributed by atoms with Crippen LogP contribution in [-0.4, -0.2) is 46.1 Å². The van der Waals surface area contributed by atoms with Crippen molar-refractivity contribution in [1.29, 1.82) is 0 Å². The van der Waals surface area contributed by atoms with Gasteiger partial charge in [0.2, 0.25) is 0 Å². The number of aliphatic imine (C=N–C) groups is 1. The summed E-state index contributed by atoms with van der Waals surface area (Å²) < 4.78 is 52.3. The van der Waals surface area contributed by atoms with Crippen molar-refractivity contribution in [2.24, 2.45) is 4.99 Å². The van der Waals surface area contributed by atoms with E-state index in [1.54, 1.807) is 32.4 Å². The average Bonchev–Trinajstić information content (AvgIpc) is 2.75. The molecule has 178 valence electrons. The van der Waals surface area contributed by atoms with Gasteiger partial charge in [0.15, 0.2) is 24.1 Å². The van der Waals surface area contributed by atoms with E-state index in [1.165, 1.54) is 6.07 Å². The van der Waals surface area contributed by atoms with Crippen LogP contribution in [0, 0.1) is 0 Å². The van der Waals surface area contributed by atoms with Crippen LogP contribution in [-0.2, 0) is 13.0 Å². The Morgan fingerprint density at radius 3 is 2.38 bits per heavy atom. The van der Waals surface area contributed by atoms with Crippen LogP contribution < -0.4 is 24.8 Å². The van der Waals surface area contributed by atoms with Crippen molar-refractivity contribution in [3.63, 3.8) is 0 Å². The van der Waals surface area contributed by atoms with Crippen molar-refractivity contribution in [3.05, 3.63) is 53.6 Å². The number of nitrogens with zero attached hydrogens (tertiary/aromatic N) is 1. The standard InChI is InChI=1S/C22H28F3N3O3.HI/c1-4-26-21(27-11-10-16-8-9-19(29-2)20(13-16)30-3)28-14-17-6-5-7-18(12-17)31-15-22(23,24)25;/h5-9,12-13H,4,10-11,14-15H2,1-3H3,(H2,26,27,28);1H.